The van der Waals surface area contributed by atoms with Gasteiger partial charge in [0.2, 0.25) is 0 Å². The SMILES string of the molecule is c1ccc(-c2ccc(N(c3ccc(-c4ccccc4)cc3)c3ccc4c(ccc5cc(-c6cccc7oc8ccc9c%10ccccc%10sc9c8c67)ccc54)c3)cc2)cc1. The molecule has 0 radical (unpaired) electrons. The first-order chi connectivity index (χ1) is 29.2. The van der Waals surface area contributed by atoms with Gasteiger partial charge in [-0.1, -0.05) is 146 Å². The van der Waals surface area contributed by atoms with Gasteiger partial charge in [-0.05, 0) is 122 Å². The van der Waals surface area contributed by atoms with Gasteiger partial charge in [0, 0.05) is 48.0 Å². The molecule has 0 saturated heterocycles. The summed E-state index contributed by atoms with van der Waals surface area (Å²) in [7, 11) is 0. The number of nitrogens with zero attached hydrogens (tertiary/aromatic N) is 1. The van der Waals surface area contributed by atoms with Crippen molar-refractivity contribution in [3.63, 3.8) is 0 Å². The molecule has 12 aromatic rings. The highest BCUT2D eigenvalue weighted by Gasteiger charge is 2.19. The summed E-state index contributed by atoms with van der Waals surface area (Å²) >= 11 is 1.85. The topological polar surface area (TPSA) is 16.4 Å². The smallest absolute Gasteiger partial charge is 0.136 e. The van der Waals surface area contributed by atoms with Gasteiger partial charge in [0.15, 0.2) is 0 Å². The van der Waals surface area contributed by atoms with E-state index in [9.17, 15) is 0 Å². The number of hydrogen-bond donors (Lipinski definition) is 0. The van der Waals surface area contributed by atoms with Crippen LogP contribution in [0.1, 0.15) is 0 Å². The first-order valence-electron chi connectivity index (χ1n) is 20.1. The van der Waals surface area contributed by atoms with Crippen LogP contribution in [0, 0.1) is 0 Å². The summed E-state index contributed by atoms with van der Waals surface area (Å²) in [5.74, 6) is 0. The van der Waals surface area contributed by atoms with Crippen LogP contribution in [0.3, 0.4) is 0 Å². The molecule has 3 heteroatoms. The largest absolute Gasteiger partial charge is 0.456 e. The number of thiophene rings is 1. The lowest BCUT2D eigenvalue weighted by Gasteiger charge is -2.26. The molecule has 10 aromatic carbocycles. The Morgan fingerprint density at radius 1 is 0.339 bits per heavy atom. The van der Waals surface area contributed by atoms with Crippen LogP contribution in [0.5, 0.6) is 0 Å². The fourth-order valence-electron chi connectivity index (χ4n) is 9.01. The van der Waals surface area contributed by atoms with Crippen molar-refractivity contribution in [3.05, 3.63) is 212 Å². The molecule has 0 saturated carbocycles. The van der Waals surface area contributed by atoms with Crippen LogP contribution in [0.15, 0.2) is 217 Å². The lowest BCUT2D eigenvalue weighted by Crippen LogP contribution is -2.09. The monoisotopic (exact) mass is 769 g/mol. The third-order valence-corrected chi connectivity index (χ3v) is 13.1. The maximum atomic E-state index is 6.51. The molecule has 0 fully saturated rings. The van der Waals surface area contributed by atoms with E-state index in [1.807, 2.05) is 11.3 Å². The first-order valence-corrected chi connectivity index (χ1v) is 20.9. The summed E-state index contributed by atoms with van der Waals surface area (Å²) in [6, 6.07) is 76.8. The second-order valence-corrected chi connectivity index (χ2v) is 16.3. The van der Waals surface area contributed by atoms with Gasteiger partial charge in [0.25, 0.3) is 0 Å². The Bertz CT molecular complexity index is 3450. The molecule has 0 unspecified atom stereocenters. The van der Waals surface area contributed by atoms with Crippen LogP contribution in [-0.2, 0) is 0 Å². The van der Waals surface area contributed by atoms with Crippen LogP contribution in [0.25, 0.3) is 97.0 Å². The number of benzene rings is 10. The van der Waals surface area contributed by atoms with Gasteiger partial charge in [-0.15, -0.1) is 11.3 Å². The van der Waals surface area contributed by atoms with E-state index in [2.05, 4.69) is 217 Å². The zero-order valence-electron chi connectivity index (χ0n) is 32.0. The van der Waals surface area contributed by atoms with Crippen LogP contribution in [0.4, 0.5) is 17.1 Å². The molecule has 0 N–H and O–H groups in total. The van der Waals surface area contributed by atoms with Gasteiger partial charge in [-0.3, -0.25) is 0 Å². The quantitative estimate of drug-likeness (QED) is 0.157. The maximum Gasteiger partial charge on any atom is 0.136 e. The summed E-state index contributed by atoms with van der Waals surface area (Å²) < 4.78 is 9.09. The Morgan fingerprint density at radius 2 is 0.881 bits per heavy atom. The van der Waals surface area contributed by atoms with Crippen molar-refractivity contribution < 1.29 is 4.42 Å². The van der Waals surface area contributed by atoms with Crippen molar-refractivity contribution in [1.82, 2.24) is 0 Å². The molecule has 2 nitrogen and oxygen atoms in total. The van der Waals surface area contributed by atoms with Crippen molar-refractivity contribution in [1.29, 1.82) is 0 Å². The van der Waals surface area contributed by atoms with E-state index in [-0.39, 0.29) is 0 Å². The van der Waals surface area contributed by atoms with Crippen LogP contribution in [0.2, 0.25) is 0 Å². The predicted molar refractivity (Wildman–Crippen MR) is 253 cm³/mol. The average molecular weight is 770 g/mol. The molecule has 0 atom stereocenters. The highest BCUT2D eigenvalue weighted by molar-refractivity contribution is 7.26. The lowest BCUT2D eigenvalue weighted by molar-refractivity contribution is 0.669. The third kappa shape index (κ3) is 5.62. The van der Waals surface area contributed by atoms with E-state index in [0.717, 1.165) is 28.2 Å². The van der Waals surface area contributed by atoms with Gasteiger partial charge in [-0.2, -0.15) is 0 Å². The third-order valence-electron chi connectivity index (χ3n) is 11.9. The standard InChI is InChI=1S/C56H35NOS/c1-3-10-36(11-4-1)38-20-25-43(26-21-38)57(44-27-22-39(23-28-44)37-12-5-2-6-13-37)45-29-31-47-42(35-45)19-18-40-34-41(24-30-46(40)47)48-15-9-16-51-54(48)55-52(58-51)33-32-50-49-14-7-8-17-53(49)59-56(50)55/h1-35H. The number of hydrogen-bond acceptors (Lipinski definition) is 3. The van der Waals surface area contributed by atoms with Gasteiger partial charge >= 0.3 is 0 Å². The zero-order valence-corrected chi connectivity index (χ0v) is 32.8. The van der Waals surface area contributed by atoms with Crippen LogP contribution in [-0.4, -0.2) is 0 Å². The number of anilines is 3. The van der Waals surface area contributed by atoms with Crippen LogP contribution >= 0.6 is 11.3 Å². The Hall–Kier alpha value is -7.46. The minimum atomic E-state index is 0.919. The normalized spacial score (nSPS) is 11.7. The minimum Gasteiger partial charge on any atom is -0.456 e. The molecule has 0 amide bonds. The number of rotatable bonds is 6. The molecule has 2 aromatic heterocycles. The highest BCUT2D eigenvalue weighted by atomic mass is 32.1. The fourth-order valence-corrected chi connectivity index (χ4v) is 10.3. The van der Waals surface area contributed by atoms with Crippen LogP contribution < -0.4 is 4.90 Å². The van der Waals surface area contributed by atoms with Crippen molar-refractivity contribution in [3.8, 4) is 33.4 Å². The molecule has 0 spiro atoms. The van der Waals surface area contributed by atoms with E-state index >= 15 is 0 Å². The van der Waals surface area contributed by atoms with Gasteiger partial charge in [0.1, 0.15) is 11.2 Å². The summed E-state index contributed by atoms with van der Waals surface area (Å²) in [6.07, 6.45) is 0. The number of fused-ring (bicyclic) bond motifs is 10. The van der Waals surface area contributed by atoms with E-state index in [0.29, 0.717) is 0 Å². The Kier molecular flexibility index (Phi) is 7.75. The second kappa shape index (κ2) is 13.6. The molecule has 276 valence electrons. The van der Waals surface area contributed by atoms with E-state index in [4.69, 9.17) is 4.42 Å². The molecule has 12 rings (SSSR count). The fraction of sp³-hybridized carbons (Fsp3) is 0. The maximum absolute atomic E-state index is 6.51. The van der Waals surface area contributed by atoms with Crippen molar-refractivity contribution in [2.75, 3.05) is 4.90 Å². The van der Waals surface area contributed by atoms with E-state index < -0.39 is 0 Å². The molecule has 0 bridgehead atoms. The summed E-state index contributed by atoms with van der Waals surface area (Å²) in [4.78, 5) is 2.36. The summed E-state index contributed by atoms with van der Waals surface area (Å²) in [5, 5.41) is 9.84. The van der Waals surface area contributed by atoms with E-state index in [1.165, 1.54) is 85.9 Å². The summed E-state index contributed by atoms with van der Waals surface area (Å²) in [6.45, 7) is 0. The predicted octanol–water partition coefficient (Wildman–Crippen LogP) is 16.7. The Morgan fingerprint density at radius 3 is 1.58 bits per heavy atom. The zero-order chi connectivity index (χ0) is 38.9. The molecule has 0 aliphatic carbocycles. The average Bonchev–Trinajstić information content (AvgIpc) is 3.89. The lowest BCUT2D eigenvalue weighted by atomic mass is 9.94. The summed E-state index contributed by atoms with van der Waals surface area (Å²) in [5.41, 5.74) is 12.4. The molecule has 2 heterocycles. The first kappa shape index (κ1) is 33.7. The molecule has 0 aliphatic rings. The Balaban J connectivity index is 0.960. The highest BCUT2D eigenvalue weighted by Crippen LogP contribution is 2.46. The molecular formula is C56H35NOS. The van der Waals surface area contributed by atoms with Crippen molar-refractivity contribution in [2.24, 2.45) is 0 Å². The van der Waals surface area contributed by atoms with Gasteiger partial charge in [-0.25, -0.2) is 0 Å². The second-order valence-electron chi connectivity index (χ2n) is 15.3. The molecular weight excluding hydrogens is 735 g/mol. The van der Waals surface area contributed by atoms with Gasteiger partial charge < -0.3 is 9.32 Å². The number of furan rings is 1. The molecule has 59 heavy (non-hydrogen) atoms. The molecule has 0 aliphatic heterocycles. The van der Waals surface area contributed by atoms with Gasteiger partial charge in [0.05, 0.1) is 0 Å². The van der Waals surface area contributed by atoms with Crippen molar-refractivity contribution >= 4 is 92.1 Å². The Labute approximate surface area is 345 Å². The minimum absolute atomic E-state index is 0.919. The van der Waals surface area contributed by atoms with E-state index in [1.54, 1.807) is 0 Å². The van der Waals surface area contributed by atoms with Crippen molar-refractivity contribution in [2.45, 2.75) is 0 Å².